The van der Waals surface area contributed by atoms with Gasteiger partial charge in [-0.15, -0.1) is 0 Å². The maximum absolute atomic E-state index is 13.7. The van der Waals surface area contributed by atoms with Crippen LogP contribution in [0.2, 0.25) is 0 Å². The summed E-state index contributed by atoms with van der Waals surface area (Å²) in [5, 5.41) is 15.7. The molecule has 5 aromatic rings. The SMILES string of the molecule is CC(C)(C)OC(=O)[C@@H](CO[C@H]1O[C@H](COCc2ccccc2)[C@H](OCc2ccccc2)[C@H](OCc2ccccc2)[C@H]1[N+](=O)[O-])NC(=O)OCC1c2ccccc2-c2ccccc21. The van der Waals surface area contributed by atoms with Gasteiger partial charge in [0.2, 0.25) is 6.29 Å². The average molecular weight is 845 g/mol. The summed E-state index contributed by atoms with van der Waals surface area (Å²) in [6.07, 6.45) is -5.62. The standard InChI is InChI=1S/C49H52N2O11/c1-49(2,3)62-46(52)41(50-48(53)60-30-40-38-25-15-13-23-36(38)37-24-14-16-26-39(37)40)31-59-47-43(51(54)55)45(58-29-35-21-11-6-12-22-35)44(57-28-34-19-9-5-10-20-34)42(61-47)32-56-27-33-17-7-4-8-18-33/h4-26,40-45,47H,27-32H2,1-3H3,(H,50,53)/t41-,42-,43-,44+,45-,47+/m1/s1. The summed E-state index contributed by atoms with van der Waals surface area (Å²) in [4.78, 5) is 39.8. The van der Waals surface area contributed by atoms with Crippen molar-refractivity contribution in [3.05, 3.63) is 177 Å². The van der Waals surface area contributed by atoms with Gasteiger partial charge in [0.05, 0.1) is 33.0 Å². The van der Waals surface area contributed by atoms with Crippen LogP contribution in [0.25, 0.3) is 11.1 Å². The molecule has 324 valence electrons. The molecular weight excluding hydrogens is 793 g/mol. The van der Waals surface area contributed by atoms with E-state index in [1.54, 1.807) is 20.8 Å². The van der Waals surface area contributed by atoms with Gasteiger partial charge in [-0.1, -0.05) is 140 Å². The van der Waals surface area contributed by atoms with E-state index in [0.717, 1.165) is 38.9 Å². The number of alkyl carbamates (subject to hydrolysis) is 1. The summed E-state index contributed by atoms with van der Waals surface area (Å²) in [7, 11) is 0. The lowest BCUT2D eigenvalue weighted by Gasteiger charge is -2.42. The van der Waals surface area contributed by atoms with E-state index in [-0.39, 0.29) is 39.0 Å². The Balaban J connectivity index is 1.12. The smallest absolute Gasteiger partial charge is 0.407 e. The highest BCUT2D eigenvalue weighted by molar-refractivity contribution is 5.82. The monoisotopic (exact) mass is 844 g/mol. The second kappa shape index (κ2) is 20.7. The molecule has 0 unspecified atom stereocenters. The topological polar surface area (TPSA) is 154 Å². The maximum atomic E-state index is 13.7. The molecule has 0 radical (unpaired) electrons. The van der Waals surface area contributed by atoms with Crippen molar-refractivity contribution in [1.82, 2.24) is 5.32 Å². The molecule has 7 rings (SSSR count). The van der Waals surface area contributed by atoms with Crippen molar-refractivity contribution < 1.29 is 47.7 Å². The molecule has 6 atom stereocenters. The van der Waals surface area contributed by atoms with E-state index in [2.05, 4.69) is 5.32 Å². The number of esters is 1. The molecule has 0 aromatic heterocycles. The van der Waals surface area contributed by atoms with Gasteiger partial charge in [-0.05, 0) is 59.7 Å². The van der Waals surface area contributed by atoms with Gasteiger partial charge in [0.15, 0.2) is 12.1 Å². The fourth-order valence-corrected chi connectivity index (χ4v) is 7.69. The minimum Gasteiger partial charge on any atom is -0.458 e. The number of rotatable bonds is 18. The quantitative estimate of drug-likeness (QED) is 0.0519. The molecule has 0 spiro atoms. The zero-order valence-electron chi connectivity index (χ0n) is 35.0. The Hall–Kier alpha value is -5.96. The first-order valence-corrected chi connectivity index (χ1v) is 20.7. The summed E-state index contributed by atoms with van der Waals surface area (Å²) in [5.74, 6) is -1.06. The first-order chi connectivity index (χ1) is 30.0. The number of nitro groups is 1. The summed E-state index contributed by atoms with van der Waals surface area (Å²) < 4.78 is 43.1. The molecule has 2 aliphatic rings. The minimum absolute atomic E-state index is 0.00759. The number of fused-ring (bicyclic) bond motifs is 3. The first kappa shape index (κ1) is 44.1. The van der Waals surface area contributed by atoms with Crippen molar-refractivity contribution in [2.75, 3.05) is 19.8 Å². The predicted octanol–water partition coefficient (Wildman–Crippen LogP) is 8.01. The lowest BCUT2D eigenvalue weighted by Crippen LogP contribution is -2.64. The fourth-order valence-electron chi connectivity index (χ4n) is 7.69. The Bertz CT molecular complexity index is 2190. The van der Waals surface area contributed by atoms with Crippen LogP contribution in [-0.2, 0) is 57.8 Å². The minimum atomic E-state index is -1.64. The van der Waals surface area contributed by atoms with Crippen molar-refractivity contribution >= 4 is 12.1 Å². The fraction of sp³-hybridized carbons (Fsp3) is 0.347. The van der Waals surface area contributed by atoms with Crippen molar-refractivity contribution in [2.24, 2.45) is 0 Å². The van der Waals surface area contributed by atoms with Crippen molar-refractivity contribution in [3.8, 4) is 11.1 Å². The molecule has 1 amide bonds. The third kappa shape index (κ3) is 11.5. The van der Waals surface area contributed by atoms with Gasteiger partial charge in [0, 0.05) is 10.8 Å². The highest BCUT2D eigenvalue weighted by Crippen LogP contribution is 2.44. The highest BCUT2D eigenvalue weighted by atomic mass is 16.7. The van der Waals surface area contributed by atoms with Crippen LogP contribution in [0.4, 0.5) is 4.79 Å². The number of carbonyl (C=O) groups excluding carboxylic acids is 2. The molecule has 1 N–H and O–H groups in total. The Morgan fingerprint density at radius 3 is 1.71 bits per heavy atom. The number of hydrogen-bond donors (Lipinski definition) is 1. The number of nitrogens with one attached hydrogen (secondary N) is 1. The van der Waals surface area contributed by atoms with Gasteiger partial charge in [0.25, 0.3) is 6.04 Å². The molecule has 5 aromatic carbocycles. The average Bonchev–Trinajstić information content (AvgIpc) is 3.59. The normalized spacial score (nSPS) is 20.1. The Morgan fingerprint density at radius 1 is 0.677 bits per heavy atom. The zero-order chi connectivity index (χ0) is 43.5. The summed E-state index contributed by atoms with van der Waals surface area (Å²) in [6, 6.07) is 41.0. The zero-order valence-corrected chi connectivity index (χ0v) is 35.0. The third-order valence-electron chi connectivity index (χ3n) is 10.6. The summed E-state index contributed by atoms with van der Waals surface area (Å²) in [6.45, 7) is 4.81. The number of hydrogen-bond acceptors (Lipinski definition) is 11. The van der Waals surface area contributed by atoms with Gasteiger partial charge in [-0.25, -0.2) is 9.59 Å². The van der Waals surface area contributed by atoms with Crippen LogP contribution in [0.1, 0.15) is 54.5 Å². The third-order valence-corrected chi connectivity index (χ3v) is 10.6. The molecule has 0 saturated carbocycles. The molecule has 1 aliphatic heterocycles. The van der Waals surface area contributed by atoms with E-state index in [9.17, 15) is 19.7 Å². The molecule has 1 fully saturated rings. The molecule has 1 saturated heterocycles. The second-order valence-corrected chi connectivity index (χ2v) is 16.2. The number of benzene rings is 5. The number of carbonyl (C=O) groups is 2. The number of amides is 1. The van der Waals surface area contributed by atoms with E-state index in [4.69, 9.17) is 33.2 Å². The van der Waals surface area contributed by atoms with Crippen molar-refractivity contribution in [3.63, 3.8) is 0 Å². The van der Waals surface area contributed by atoms with Crippen LogP contribution in [0, 0.1) is 10.1 Å². The van der Waals surface area contributed by atoms with Gasteiger partial charge < -0.3 is 38.5 Å². The maximum Gasteiger partial charge on any atom is 0.407 e. The van der Waals surface area contributed by atoms with Crippen LogP contribution in [0.5, 0.6) is 0 Å². The van der Waals surface area contributed by atoms with E-state index < -0.39 is 65.9 Å². The van der Waals surface area contributed by atoms with Crippen LogP contribution >= 0.6 is 0 Å². The Labute approximate surface area is 361 Å². The van der Waals surface area contributed by atoms with Crippen LogP contribution in [-0.4, -0.2) is 79.1 Å². The van der Waals surface area contributed by atoms with E-state index in [1.165, 1.54) is 0 Å². The predicted molar refractivity (Wildman–Crippen MR) is 229 cm³/mol. The Kier molecular flexibility index (Phi) is 14.8. The van der Waals surface area contributed by atoms with Crippen LogP contribution in [0.3, 0.4) is 0 Å². The van der Waals surface area contributed by atoms with E-state index in [0.29, 0.717) is 0 Å². The van der Waals surface area contributed by atoms with Crippen LogP contribution < -0.4 is 5.32 Å². The highest BCUT2D eigenvalue weighted by Gasteiger charge is 2.55. The number of nitrogens with zero attached hydrogens (tertiary/aromatic N) is 1. The second-order valence-electron chi connectivity index (χ2n) is 16.2. The first-order valence-electron chi connectivity index (χ1n) is 20.7. The largest absolute Gasteiger partial charge is 0.458 e. The molecule has 1 heterocycles. The molecule has 1 aliphatic carbocycles. The molecule has 13 nitrogen and oxygen atoms in total. The summed E-state index contributed by atoms with van der Waals surface area (Å²) in [5.41, 5.74) is 5.77. The molecule has 62 heavy (non-hydrogen) atoms. The molecule has 0 bridgehead atoms. The van der Waals surface area contributed by atoms with Gasteiger partial charge >= 0.3 is 12.1 Å². The summed E-state index contributed by atoms with van der Waals surface area (Å²) >= 11 is 0. The Morgan fingerprint density at radius 2 is 1.18 bits per heavy atom. The van der Waals surface area contributed by atoms with Gasteiger partial charge in [-0.2, -0.15) is 0 Å². The van der Waals surface area contributed by atoms with Crippen molar-refractivity contribution in [2.45, 2.75) is 88.8 Å². The van der Waals surface area contributed by atoms with E-state index in [1.807, 2.05) is 140 Å². The van der Waals surface area contributed by atoms with Gasteiger partial charge in [0.1, 0.15) is 24.4 Å². The van der Waals surface area contributed by atoms with Gasteiger partial charge in [-0.3, -0.25) is 10.1 Å². The van der Waals surface area contributed by atoms with Crippen molar-refractivity contribution in [1.29, 1.82) is 0 Å². The molecular formula is C49H52N2O11. The van der Waals surface area contributed by atoms with Crippen LogP contribution in [0.15, 0.2) is 140 Å². The lowest BCUT2D eigenvalue weighted by molar-refractivity contribution is -0.577. The molecule has 13 heteroatoms. The lowest BCUT2D eigenvalue weighted by atomic mass is 9.96. The van der Waals surface area contributed by atoms with E-state index >= 15 is 0 Å². The number of ether oxygens (including phenoxy) is 7.